The van der Waals surface area contributed by atoms with E-state index in [0.29, 0.717) is 19.7 Å². The third-order valence-corrected chi connectivity index (χ3v) is 4.28. The van der Waals surface area contributed by atoms with Crippen molar-refractivity contribution in [3.05, 3.63) is 29.1 Å². The number of hydrogen-bond donors (Lipinski definition) is 0. The molecule has 5 heteroatoms. The molecular formula is C17H24N2O3. The molecule has 1 saturated heterocycles. The van der Waals surface area contributed by atoms with Crippen LogP contribution in [0.1, 0.15) is 50.6 Å². The van der Waals surface area contributed by atoms with Crippen LogP contribution in [-0.4, -0.2) is 34.7 Å². The number of ether oxygens (including phenoxy) is 2. The molecule has 3 heterocycles. The number of fused-ring (bicyclic) bond motifs is 2. The number of hydrogen-bond acceptors (Lipinski definition) is 4. The molecule has 1 aromatic heterocycles. The number of piperidine rings is 1. The number of pyridine rings is 1. The van der Waals surface area contributed by atoms with Crippen molar-refractivity contribution < 1.29 is 14.3 Å². The van der Waals surface area contributed by atoms with Crippen molar-refractivity contribution in [2.24, 2.45) is 0 Å². The number of amides is 1. The van der Waals surface area contributed by atoms with Crippen LogP contribution >= 0.6 is 0 Å². The minimum Gasteiger partial charge on any atom is -0.444 e. The Morgan fingerprint density at radius 1 is 1.32 bits per heavy atom. The lowest BCUT2D eigenvalue weighted by atomic mass is 9.87. The first-order valence-electron chi connectivity index (χ1n) is 7.88. The molecule has 1 spiro atoms. The molecule has 1 fully saturated rings. The van der Waals surface area contributed by atoms with E-state index in [1.807, 2.05) is 33.8 Å². The lowest BCUT2D eigenvalue weighted by Crippen LogP contribution is -2.47. The number of nitrogens with zero attached hydrogens (tertiary/aromatic N) is 2. The molecule has 0 N–H and O–H groups in total. The van der Waals surface area contributed by atoms with Gasteiger partial charge in [0.1, 0.15) is 11.2 Å². The van der Waals surface area contributed by atoms with Gasteiger partial charge in [0, 0.05) is 24.3 Å². The molecule has 1 aromatic rings. The third kappa shape index (κ3) is 2.82. The molecule has 5 nitrogen and oxygen atoms in total. The Balaban J connectivity index is 1.71. The summed E-state index contributed by atoms with van der Waals surface area (Å²) in [5.41, 5.74) is 2.48. The zero-order valence-corrected chi connectivity index (χ0v) is 13.8. The van der Waals surface area contributed by atoms with E-state index in [9.17, 15) is 4.79 Å². The Hall–Kier alpha value is -1.62. The maximum Gasteiger partial charge on any atom is 0.410 e. The van der Waals surface area contributed by atoms with Crippen LogP contribution in [0.5, 0.6) is 0 Å². The molecule has 0 radical (unpaired) electrons. The predicted octanol–water partition coefficient (Wildman–Crippen LogP) is 3.15. The van der Waals surface area contributed by atoms with Gasteiger partial charge in [-0.1, -0.05) is 6.07 Å². The summed E-state index contributed by atoms with van der Waals surface area (Å²) in [4.78, 5) is 18.6. The second-order valence-corrected chi connectivity index (χ2v) is 7.21. The van der Waals surface area contributed by atoms with Gasteiger partial charge >= 0.3 is 6.09 Å². The summed E-state index contributed by atoms with van der Waals surface area (Å²) >= 11 is 0. The van der Waals surface area contributed by atoms with Crippen molar-refractivity contribution in [3.8, 4) is 0 Å². The van der Waals surface area contributed by atoms with Gasteiger partial charge in [-0.3, -0.25) is 4.98 Å². The quantitative estimate of drug-likeness (QED) is 0.739. The van der Waals surface area contributed by atoms with Gasteiger partial charge in [0.15, 0.2) is 0 Å². The molecule has 0 bridgehead atoms. The van der Waals surface area contributed by atoms with Crippen LogP contribution in [0.3, 0.4) is 0 Å². The van der Waals surface area contributed by atoms with E-state index in [0.717, 1.165) is 24.2 Å². The highest BCUT2D eigenvalue weighted by molar-refractivity contribution is 5.68. The molecule has 3 rings (SSSR count). The first kappa shape index (κ1) is 15.3. The van der Waals surface area contributed by atoms with Crippen LogP contribution in [-0.2, 0) is 21.7 Å². The standard InChI is InChI=1S/C17H24N2O3/c1-12-5-6-13-11-21-17(14(13)18-12)7-9-19(10-8-17)15(20)22-16(2,3)4/h5-6H,7-11H2,1-4H3. The molecule has 2 aliphatic heterocycles. The summed E-state index contributed by atoms with van der Waals surface area (Å²) in [5.74, 6) is 0. The summed E-state index contributed by atoms with van der Waals surface area (Å²) in [7, 11) is 0. The number of likely N-dealkylation sites (tertiary alicyclic amines) is 1. The van der Waals surface area contributed by atoms with E-state index in [4.69, 9.17) is 14.5 Å². The monoisotopic (exact) mass is 304 g/mol. The fourth-order valence-corrected chi connectivity index (χ4v) is 3.14. The van der Waals surface area contributed by atoms with Crippen molar-refractivity contribution in [3.63, 3.8) is 0 Å². The second kappa shape index (κ2) is 5.23. The molecule has 120 valence electrons. The number of aromatic nitrogens is 1. The normalized spacial score (nSPS) is 20.1. The van der Waals surface area contributed by atoms with Gasteiger partial charge in [0.25, 0.3) is 0 Å². The van der Waals surface area contributed by atoms with Crippen LogP contribution in [0.15, 0.2) is 12.1 Å². The maximum atomic E-state index is 12.2. The molecule has 0 unspecified atom stereocenters. The highest BCUT2D eigenvalue weighted by Gasteiger charge is 2.45. The van der Waals surface area contributed by atoms with Gasteiger partial charge in [-0.15, -0.1) is 0 Å². The number of aryl methyl sites for hydroxylation is 1. The fraction of sp³-hybridized carbons (Fsp3) is 0.647. The smallest absolute Gasteiger partial charge is 0.410 e. The van der Waals surface area contributed by atoms with E-state index in [2.05, 4.69) is 6.07 Å². The van der Waals surface area contributed by atoms with Crippen molar-refractivity contribution >= 4 is 6.09 Å². The molecule has 0 atom stereocenters. The maximum absolute atomic E-state index is 12.2. The second-order valence-electron chi connectivity index (χ2n) is 7.21. The van der Waals surface area contributed by atoms with Crippen LogP contribution in [0.2, 0.25) is 0 Å². The predicted molar refractivity (Wildman–Crippen MR) is 82.5 cm³/mol. The average Bonchev–Trinajstić information content (AvgIpc) is 2.76. The average molecular weight is 304 g/mol. The van der Waals surface area contributed by atoms with E-state index in [1.165, 1.54) is 5.56 Å². The zero-order chi connectivity index (χ0) is 16.0. The van der Waals surface area contributed by atoms with Gasteiger partial charge in [0.2, 0.25) is 0 Å². The summed E-state index contributed by atoms with van der Waals surface area (Å²) in [5, 5.41) is 0. The van der Waals surface area contributed by atoms with Gasteiger partial charge in [0.05, 0.1) is 12.3 Å². The fourth-order valence-electron chi connectivity index (χ4n) is 3.14. The first-order chi connectivity index (χ1) is 10.3. The Labute approximate surface area is 131 Å². The lowest BCUT2D eigenvalue weighted by Gasteiger charge is -2.39. The summed E-state index contributed by atoms with van der Waals surface area (Å²) < 4.78 is 11.5. The van der Waals surface area contributed by atoms with Crippen molar-refractivity contribution in [2.45, 2.75) is 58.3 Å². The van der Waals surface area contributed by atoms with Crippen molar-refractivity contribution in [2.75, 3.05) is 13.1 Å². The largest absolute Gasteiger partial charge is 0.444 e. The summed E-state index contributed by atoms with van der Waals surface area (Å²) in [6.45, 7) is 9.57. The Morgan fingerprint density at radius 2 is 2.00 bits per heavy atom. The van der Waals surface area contributed by atoms with Crippen LogP contribution < -0.4 is 0 Å². The van der Waals surface area contributed by atoms with Crippen LogP contribution in [0.25, 0.3) is 0 Å². The summed E-state index contributed by atoms with van der Waals surface area (Å²) in [6, 6.07) is 4.13. The molecule has 22 heavy (non-hydrogen) atoms. The number of carbonyl (C=O) groups is 1. The van der Waals surface area contributed by atoms with Crippen LogP contribution in [0.4, 0.5) is 4.79 Å². The SMILES string of the molecule is Cc1ccc2c(n1)C1(CCN(C(=O)OC(C)(C)C)CC1)OC2. The Bertz CT molecular complexity index is 584. The third-order valence-electron chi connectivity index (χ3n) is 4.28. The zero-order valence-electron chi connectivity index (χ0n) is 13.8. The summed E-state index contributed by atoms with van der Waals surface area (Å²) in [6.07, 6.45) is 1.31. The van der Waals surface area contributed by atoms with E-state index in [1.54, 1.807) is 4.90 Å². The van der Waals surface area contributed by atoms with Crippen molar-refractivity contribution in [1.82, 2.24) is 9.88 Å². The van der Waals surface area contributed by atoms with Crippen molar-refractivity contribution in [1.29, 1.82) is 0 Å². The van der Waals surface area contributed by atoms with Gasteiger partial charge < -0.3 is 14.4 Å². The molecule has 0 aliphatic carbocycles. The minimum atomic E-state index is -0.457. The number of rotatable bonds is 0. The van der Waals surface area contributed by atoms with Crippen LogP contribution in [0, 0.1) is 6.92 Å². The molecule has 0 saturated carbocycles. The van der Waals surface area contributed by atoms with Gasteiger partial charge in [-0.05, 0) is 46.6 Å². The lowest BCUT2D eigenvalue weighted by molar-refractivity contribution is -0.0817. The molecule has 1 amide bonds. The highest BCUT2D eigenvalue weighted by Crippen LogP contribution is 2.43. The molecular weight excluding hydrogens is 280 g/mol. The van der Waals surface area contributed by atoms with E-state index in [-0.39, 0.29) is 11.7 Å². The Morgan fingerprint density at radius 3 is 2.64 bits per heavy atom. The minimum absolute atomic E-state index is 0.238. The topological polar surface area (TPSA) is 51.7 Å². The first-order valence-corrected chi connectivity index (χ1v) is 7.88. The van der Waals surface area contributed by atoms with E-state index < -0.39 is 5.60 Å². The van der Waals surface area contributed by atoms with Gasteiger partial charge in [-0.25, -0.2) is 4.79 Å². The number of carbonyl (C=O) groups excluding carboxylic acids is 1. The highest BCUT2D eigenvalue weighted by atomic mass is 16.6. The van der Waals surface area contributed by atoms with Gasteiger partial charge in [-0.2, -0.15) is 0 Å². The molecule has 0 aromatic carbocycles. The van der Waals surface area contributed by atoms with E-state index >= 15 is 0 Å². The Kier molecular flexibility index (Phi) is 3.63. The molecule has 2 aliphatic rings.